The van der Waals surface area contributed by atoms with Gasteiger partial charge in [0, 0.05) is 35.6 Å². The number of nitrogens with one attached hydrogen (secondary N) is 2. The molecule has 164 valence electrons. The zero-order valence-electron chi connectivity index (χ0n) is 17.2. The summed E-state index contributed by atoms with van der Waals surface area (Å²) in [5, 5.41) is 15.9. The molecule has 0 radical (unpaired) electrons. The van der Waals surface area contributed by atoms with Crippen LogP contribution in [0.3, 0.4) is 0 Å². The normalized spacial score (nSPS) is 21.6. The van der Waals surface area contributed by atoms with Crippen LogP contribution >= 0.6 is 0 Å². The minimum atomic E-state index is -0.701. The molecule has 0 spiro atoms. The average molecular weight is 428 g/mol. The summed E-state index contributed by atoms with van der Waals surface area (Å²) in [5.74, 6) is -0.677. The molecule has 0 bridgehead atoms. The van der Waals surface area contributed by atoms with Crippen LogP contribution in [-0.2, 0) is 0 Å². The quantitative estimate of drug-likeness (QED) is 0.622. The fourth-order valence-electron chi connectivity index (χ4n) is 3.65. The number of aromatic nitrogens is 2. The number of anilines is 1. The summed E-state index contributed by atoms with van der Waals surface area (Å²) < 4.78 is 28.9. The van der Waals surface area contributed by atoms with Gasteiger partial charge in [-0.05, 0) is 55.9 Å². The lowest BCUT2D eigenvalue weighted by molar-refractivity contribution is 0.0717. The standard InChI is InChI=1S/C23H26F2N4O2/c24-18-8-7-15(22(31)29-20-3-1-2-4-21(20)30)9-16(18)10-19(25)17-12-27-23(28-13-17)26-11-14-5-6-14/h7-10,12-14,20-21,30H,1-6,11H2,(H,29,31)(H,26,27,28)/b19-10-/t20-,21-/m0/s1. The lowest BCUT2D eigenvalue weighted by Crippen LogP contribution is -2.45. The third kappa shape index (κ3) is 5.64. The Morgan fingerprint density at radius 3 is 2.58 bits per heavy atom. The molecule has 0 unspecified atom stereocenters. The Labute approximate surface area is 179 Å². The maximum absolute atomic E-state index is 14.7. The van der Waals surface area contributed by atoms with E-state index in [2.05, 4.69) is 20.6 Å². The van der Waals surface area contributed by atoms with Crippen LogP contribution in [0.4, 0.5) is 14.7 Å². The molecule has 2 aliphatic carbocycles. The molecule has 8 heteroatoms. The van der Waals surface area contributed by atoms with Crippen molar-refractivity contribution in [3.8, 4) is 0 Å². The predicted octanol–water partition coefficient (Wildman–Crippen LogP) is 3.94. The maximum Gasteiger partial charge on any atom is 0.251 e. The van der Waals surface area contributed by atoms with Crippen molar-refractivity contribution in [2.24, 2.45) is 5.92 Å². The molecule has 4 rings (SSSR count). The molecule has 0 aliphatic heterocycles. The largest absolute Gasteiger partial charge is 0.391 e. The minimum Gasteiger partial charge on any atom is -0.391 e. The van der Waals surface area contributed by atoms with Crippen LogP contribution in [0.1, 0.15) is 60.0 Å². The van der Waals surface area contributed by atoms with E-state index in [1.807, 2.05) is 0 Å². The van der Waals surface area contributed by atoms with Gasteiger partial charge in [-0.2, -0.15) is 0 Å². The van der Waals surface area contributed by atoms with Crippen LogP contribution in [0.15, 0.2) is 30.6 Å². The molecule has 2 aromatic rings. The van der Waals surface area contributed by atoms with Gasteiger partial charge in [0.05, 0.1) is 12.1 Å². The number of carbonyl (C=O) groups is 1. The van der Waals surface area contributed by atoms with E-state index in [-0.39, 0.29) is 22.7 Å². The lowest BCUT2D eigenvalue weighted by atomic mass is 9.92. The number of rotatable bonds is 7. The molecule has 1 heterocycles. The Morgan fingerprint density at radius 1 is 1.13 bits per heavy atom. The Bertz CT molecular complexity index is 961. The predicted molar refractivity (Wildman–Crippen MR) is 114 cm³/mol. The van der Waals surface area contributed by atoms with Crippen molar-refractivity contribution in [1.29, 1.82) is 0 Å². The molecule has 3 N–H and O–H groups in total. The molecule has 31 heavy (non-hydrogen) atoms. The highest BCUT2D eigenvalue weighted by molar-refractivity contribution is 5.95. The van der Waals surface area contributed by atoms with Crippen molar-refractivity contribution in [3.63, 3.8) is 0 Å². The molecule has 2 saturated carbocycles. The minimum absolute atomic E-state index is 0.0507. The van der Waals surface area contributed by atoms with Crippen LogP contribution < -0.4 is 10.6 Å². The van der Waals surface area contributed by atoms with Gasteiger partial charge in [-0.15, -0.1) is 0 Å². The highest BCUT2D eigenvalue weighted by atomic mass is 19.1. The van der Waals surface area contributed by atoms with Gasteiger partial charge in [-0.25, -0.2) is 18.7 Å². The van der Waals surface area contributed by atoms with Gasteiger partial charge in [0.15, 0.2) is 0 Å². The number of aliphatic hydroxyl groups is 1. The number of amides is 1. The number of carbonyl (C=O) groups excluding carboxylic acids is 1. The van der Waals surface area contributed by atoms with Gasteiger partial charge in [-0.3, -0.25) is 4.79 Å². The number of hydrogen-bond donors (Lipinski definition) is 3. The van der Waals surface area contributed by atoms with Crippen LogP contribution in [0.2, 0.25) is 0 Å². The van der Waals surface area contributed by atoms with Crippen LogP contribution in [0.25, 0.3) is 11.9 Å². The topological polar surface area (TPSA) is 87.1 Å². The van der Waals surface area contributed by atoms with Crippen molar-refractivity contribution in [2.75, 3.05) is 11.9 Å². The van der Waals surface area contributed by atoms with Crippen molar-refractivity contribution in [3.05, 3.63) is 53.1 Å². The fraction of sp³-hybridized carbons (Fsp3) is 0.435. The first-order valence-corrected chi connectivity index (χ1v) is 10.7. The highest BCUT2D eigenvalue weighted by Gasteiger charge is 2.25. The molecule has 1 aromatic carbocycles. The molecule has 2 fully saturated rings. The summed E-state index contributed by atoms with van der Waals surface area (Å²) >= 11 is 0. The maximum atomic E-state index is 14.7. The first kappa shape index (κ1) is 21.4. The second-order valence-corrected chi connectivity index (χ2v) is 8.28. The Morgan fingerprint density at radius 2 is 1.87 bits per heavy atom. The number of benzene rings is 1. The number of hydrogen-bond acceptors (Lipinski definition) is 5. The molecule has 1 aromatic heterocycles. The Kier molecular flexibility index (Phi) is 6.56. The van der Waals surface area contributed by atoms with Gasteiger partial charge < -0.3 is 15.7 Å². The SMILES string of the molecule is O=C(N[C@H]1CCCC[C@@H]1O)c1ccc(F)c(/C=C(\F)c2cnc(NCC3CC3)nc2)c1. The first-order chi connectivity index (χ1) is 15.0. The zero-order valence-corrected chi connectivity index (χ0v) is 17.2. The summed E-state index contributed by atoms with van der Waals surface area (Å²) in [6.45, 7) is 0.801. The van der Waals surface area contributed by atoms with E-state index in [1.54, 1.807) is 0 Å². The molecular formula is C23H26F2N4O2. The average Bonchev–Trinajstić information content (AvgIpc) is 3.60. The molecule has 2 atom stereocenters. The van der Waals surface area contributed by atoms with Gasteiger partial charge in [0.1, 0.15) is 11.6 Å². The van der Waals surface area contributed by atoms with E-state index in [0.29, 0.717) is 24.7 Å². The molecule has 1 amide bonds. The summed E-state index contributed by atoms with van der Waals surface area (Å²) in [4.78, 5) is 20.7. The van der Waals surface area contributed by atoms with Crippen molar-refractivity contribution >= 4 is 23.8 Å². The lowest BCUT2D eigenvalue weighted by Gasteiger charge is -2.28. The third-order valence-electron chi connectivity index (χ3n) is 5.76. The van der Waals surface area contributed by atoms with Crippen molar-refractivity contribution in [2.45, 2.75) is 50.7 Å². The number of nitrogens with zero attached hydrogens (tertiary/aromatic N) is 2. The van der Waals surface area contributed by atoms with Gasteiger partial charge >= 0.3 is 0 Å². The molecule has 6 nitrogen and oxygen atoms in total. The number of halogens is 2. The molecular weight excluding hydrogens is 402 g/mol. The molecule has 0 saturated heterocycles. The Balaban J connectivity index is 1.45. The monoisotopic (exact) mass is 428 g/mol. The van der Waals surface area contributed by atoms with Crippen LogP contribution in [-0.4, -0.2) is 39.7 Å². The smallest absolute Gasteiger partial charge is 0.251 e. The summed E-state index contributed by atoms with van der Waals surface area (Å²) in [7, 11) is 0. The first-order valence-electron chi connectivity index (χ1n) is 10.7. The molecule has 2 aliphatic rings. The van der Waals surface area contributed by atoms with E-state index in [0.717, 1.165) is 31.5 Å². The van der Waals surface area contributed by atoms with E-state index in [9.17, 15) is 18.7 Å². The van der Waals surface area contributed by atoms with Crippen LogP contribution in [0.5, 0.6) is 0 Å². The van der Waals surface area contributed by atoms with E-state index in [4.69, 9.17) is 0 Å². The van der Waals surface area contributed by atoms with Gasteiger partial charge in [0.2, 0.25) is 5.95 Å². The van der Waals surface area contributed by atoms with Gasteiger partial charge in [-0.1, -0.05) is 12.8 Å². The third-order valence-corrected chi connectivity index (χ3v) is 5.76. The summed E-state index contributed by atoms with van der Waals surface area (Å²) in [5.41, 5.74) is 0.274. The second kappa shape index (κ2) is 9.51. The van der Waals surface area contributed by atoms with E-state index >= 15 is 0 Å². The zero-order chi connectivity index (χ0) is 21.8. The van der Waals surface area contributed by atoms with Crippen molar-refractivity contribution in [1.82, 2.24) is 15.3 Å². The van der Waals surface area contributed by atoms with E-state index < -0.39 is 23.7 Å². The van der Waals surface area contributed by atoms with Crippen LogP contribution in [0, 0.1) is 11.7 Å². The van der Waals surface area contributed by atoms with Crippen molar-refractivity contribution < 1.29 is 18.7 Å². The van der Waals surface area contributed by atoms with E-state index in [1.165, 1.54) is 37.4 Å². The second-order valence-electron chi connectivity index (χ2n) is 8.28. The summed E-state index contributed by atoms with van der Waals surface area (Å²) in [6, 6.07) is 3.45. The fourth-order valence-corrected chi connectivity index (χ4v) is 3.65. The highest BCUT2D eigenvalue weighted by Crippen LogP contribution is 2.28. The number of aliphatic hydroxyl groups excluding tert-OH is 1. The van der Waals surface area contributed by atoms with Gasteiger partial charge in [0.25, 0.3) is 5.91 Å². The summed E-state index contributed by atoms with van der Waals surface area (Å²) in [6.07, 6.45) is 8.72. The Hall–Kier alpha value is -2.87.